The number of unbranched alkanes of at least 4 members (excludes halogenated alkanes) is 12. The number of hydrogen-bond acceptors (Lipinski definition) is 6. The molecular weight excluding hydrogens is 448 g/mol. The fourth-order valence-corrected chi connectivity index (χ4v) is 3.95. The maximum atomic E-state index is 12.1. The zero-order valence-electron chi connectivity index (χ0n) is 21.5. The molecule has 0 fully saturated rings. The summed E-state index contributed by atoms with van der Waals surface area (Å²) in [4.78, 5) is 35.1. The molecular formula is C25H46N6O4. The van der Waals surface area contributed by atoms with Crippen molar-refractivity contribution in [3.8, 4) is 0 Å². The molecule has 4 N–H and O–H groups in total. The standard InChI is InChI=1S/C25H46N6O4/c1-2-20-26-23(32)19-18-21(25(34)35)27-24(33)17-15-13-11-9-7-5-3-4-6-8-10-12-14-16-22-28-30-31-29-22/h21H,2-20H2,1H3,(H,26,32)(H,27,33)(H,34,35)(H,28,29,30,31)/t21-/m0/s1. The Balaban J connectivity index is 1.89. The van der Waals surface area contributed by atoms with Gasteiger partial charge < -0.3 is 15.7 Å². The zero-order chi connectivity index (χ0) is 25.6. The average molecular weight is 495 g/mol. The summed E-state index contributed by atoms with van der Waals surface area (Å²) in [6, 6.07) is -1.01. The number of hydrogen-bond donors (Lipinski definition) is 4. The van der Waals surface area contributed by atoms with Crippen molar-refractivity contribution in [1.29, 1.82) is 0 Å². The van der Waals surface area contributed by atoms with Gasteiger partial charge in [0.25, 0.3) is 0 Å². The first-order chi connectivity index (χ1) is 17.0. The lowest BCUT2D eigenvalue weighted by atomic mass is 10.0. The molecule has 0 radical (unpaired) electrons. The number of aliphatic carboxylic acids is 1. The molecule has 1 heterocycles. The fourth-order valence-electron chi connectivity index (χ4n) is 3.95. The van der Waals surface area contributed by atoms with Crippen LogP contribution in [0.1, 0.15) is 122 Å². The maximum absolute atomic E-state index is 12.1. The van der Waals surface area contributed by atoms with Crippen LogP contribution in [-0.4, -0.2) is 56.1 Å². The summed E-state index contributed by atoms with van der Waals surface area (Å²) in [7, 11) is 0. The molecule has 0 bridgehead atoms. The number of rotatable bonds is 23. The van der Waals surface area contributed by atoms with Crippen molar-refractivity contribution in [3.63, 3.8) is 0 Å². The van der Waals surface area contributed by atoms with Gasteiger partial charge in [0.05, 0.1) is 0 Å². The van der Waals surface area contributed by atoms with Crippen molar-refractivity contribution in [2.75, 3.05) is 6.54 Å². The van der Waals surface area contributed by atoms with Crippen molar-refractivity contribution in [1.82, 2.24) is 31.3 Å². The van der Waals surface area contributed by atoms with Gasteiger partial charge in [0.15, 0.2) is 5.82 Å². The van der Waals surface area contributed by atoms with Gasteiger partial charge in [-0.15, -0.1) is 10.2 Å². The number of carbonyl (C=O) groups is 3. The number of amides is 2. The van der Waals surface area contributed by atoms with Gasteiger partial charge in [-0.1, -0.05) is 82.8 Å². The molecule has 0 aliphatic rings. The van der Waals surface area contributed by atoms with E-state index in [0.717, 1.165) is 44.3 Å². The number of aromatic amines is 1. The molecule has 200 valence electrons. The Bertz CT molecular complexity index is 684. The van der Waals surface area contributed by atoms with E-state index in [4.69, 9.17) is 0 Å². The molecule has 0 saturated carbocycles. The molecule has 1 aromatic rings. The maximum Gasteiger partial charge on any atom is 0.326 e. The summed E-state index contributed by atoms with van der Waals surface area (Å²) in [5, 5.41) is 28.5. The van der Waals surface area contributed by atoms with Crippen LogP contribution in [0, 0.1) is 0 Å². The zero-order valence-corrected chi connectivity index (χ0v) is 21.5. The molecule has 0 aromatic carbocycles. The molecule has 0 saturated heterocycles. The number of H-pyrrole nitrogens is 1. The summed E-state index contributed by atoms with van der Waals surface area (Å²) < 4.78 is 0. The van der Waals surface area contributed by atoms with Crippen LogP contribution in [0.2, 0.25) is 0 Å². The Labute approximate surface area is 209 Å². The van der Waals surface area contributed by atoms with E-state index < -0.39 is 12.0 Å². The third kappa shape index (κ3) is 17.6. The highest BCUT2D eigenvalue weighted by atomic mass is 16.4. The monoisotopic (exact) mass is 494 g/mol. The van der Waals surface area contributed by atoms with Gasteiger partial charge in [-0.05, 0) is 25.7 Å². The van der Waals surface area contributed by atoms with Crippen LogP contribution in [-0.2, 0) is 20.8 Å². The lowest BCUT2D eigenvalue weighted by molar-refractivity contribution is -0.142. The summed E-state index contributed by atoms with van der Waals surface area (Å²) in [6.45, 7) is 2.53. The highest BCUT2D eigenvalue weighted by Gasteiger charge is 2.20. The Morgan fingerprint density at radius 3 is 1.91 bits per heavy atom. The highest BCUT2D eigenvalue weighted by Crippen LogP contribution is 2.13. The molecule has 35 heavy (non-hydrogen) atoms. The predicted octanol–water partition coefficient (Wildman–Crippen LogP) is 4.08. The van der Waals surface area contributed by atoms with Gasteiger partial charge in [0.1, 0.15) is 6.04 Å². The second-order valence-electron chi connectivity index (χ2n) is 9.27. The number of nitrogens with zero attached hydrogens (tertiary/aromatic N) is 3. The van der Waals surface area contributed by atoms with E-state index in [2.05, 4.69) is 31.3 Å². The van der Waals surface area contributed by atoms with E-state index >= 15 is 0 Å². The highest BCUT2D eigenvalue weighted by molar-refractivity contribution is 5.84. The van der Waals surface area contributed by atoms with Crippen molar-refractivity contribution >= 4 is 17.8 Å². The second-order valence-corrected chi connectivity index (χ2v) is 9.27. The summed E-state index contributed by atoms with van der Waals surface area (Å²) in [6.07, 6.45) is 17.6. The van der Waals surface area contributed by atoms with Gasteiger partial charge in [-0.3, -0.25) is 9.59 Å². The predicted molar refractivity (Wildman–Crippen MR) is 135 cm³/mol. The van der Waals surface area contributed by atoms with Gasteiger partial charge in [-0.25, -0.2) is 4.79 Å². The molecule has 0 unspecified atom stereocenters. The third-order valence-corrected chi connectivity index (χ3v) is 6.06. The van der Waals surface area contributed by atoms with Crippen molar-refractivity contribution in [2.45, 2.75) is 129 Å². The normalized spacial score (nSPS) is 11.8. The molecule has 1 rings (SSSR count). The van der Waals surface area contributed by atoms with Crippen LogP contribution in [0.25, 0.3) is 0 Å². The van der Waals surface area contributed by atoms with Gasteiger partial charge in [0, 0.05) is 25.8 Å². The summed E-state index contributed by atoms with van der Waals surface area (Å²) in [5.74, 6) is -0.718. The van der Waals surface area contributed by atoms with Crippen molar-refractivity contribution < 1.29 is 19.5 Å². The van der Waals surface area contributed by atoms with Crippen LogP contribution in [0.15, 0.2) is 0 Å². The molecule has 0 aliphatic heterocycles. The van der Waals surface area contributed by atoms with E-state index in [0.29, 0.717) is 13.0 Å². The van der Waals surface area contributed by atoms with Gasteiger partial charge >= 0.3 is 5.97 Å². The fraction of sp³-hybridized carbons (Fsp3) is 0.840. The van der Waals surface area contributed by atoms with E-state index in [9.17, 15) is 19.5 Å². The molecule has 1 atom stereocenters. The van der Waals surface area contributed by atoms with Crippen LogP contribution in [0.4, 0.5) is 0 Å². The lowest BCUT2D eigenvalue weighted by Crippen LogP contribution is -2.41. The topological polar surface area (TPSA) is 150 Å². The Morgan fingerprint density at radius 2 is 1.40 bits per heavy atom. The minimum Gasteiger partial charge on any atom is -0.480 e. The number of tetrazole rings is 1. The van der Waals surface area contributed by atoms with Crippen LogP contribution >= 0.6 is 0 Å². The van der Waals surface area contributed by atoms with Gasteiger partial charge in [0.2, 0.25) is 11.8 Å². The molecule has 10 nitrogen and oxygen atoms in total. The van der Waals surface area contributed by atoms with Crippen LogP contribution < -0.4 is 10.6 Å². The number of carbonyl (C=O) groups excluding carboxylic acids is 2. The number of carboxylic acid groups (broad SMARTS) is 1. The number of nitrogens with one attached hydrogen (secondary N) is 3. The Morgan fingerprint density at radius 1 is 0.829 bits per heavy atom. The SMILES string of the molecule is CCCNC(=O)CC[C@H](NC(=O)CCCCCCCCCCCCCCCc1nn[nH]n1)C(=O)O. The minimum atomic E-state index is -1.10. The molecule has 0 aliphatic carbocycles. The molecule has 0 spiro atoms. The first-order valence-electron chi connectivity index (χ1n) is 13.5. The summed E-state index contributed by atoms with van der Waals surface area (Å²) >= 11 is 0. The van der Waals surface area contributed by atoms with Crippen molar-refractivity contribution in [2.24, 2.45) is 0 Å². The van der Waals surface area contributed by atoms with E-state index in [1.807, 2.05) is 6.92 Å². The van der Waals surface area contributed by atoms with Crippen LogP contribution in [0.5, 0.6) is 0 Å². The largest absolute Gasteiger partial charge is 0.480 e. The molecule has 10 heteroatoms. The molecule has 2 amide bonds. The average Bonchev–Trinajstić information content (AvgIpc) is 3.36. The lowest BCUT2D eigenvalue weighted by Gasteiger charge is -2.14. The van der Waals surface area contributed by atoms with E-state index in [-0.39, 0.29) is 24.7 Å². The van der Waals surface area contributed by atoms with E-state index in [1.54, 1.807) is 0 Å². The van der Waals surface area contributed by atoms with Crippen LogP contribution in [0.3, 0.4) is 0 Å². The van der Waals surface area contributed by atoms with E-state index in [1.165, 1.54) is 57.8 Å². The summed E-state index contributed by atoms with van der Waals surface area (Å²) in [5.41, 5.74) is 0. The quantitative estimate of drug-likeness (QED) is 0.167. The Hall–Kier alpha value is -2.52. The molecule has 1 aromatic heterocycles. The van der Waals surface area contributed by atoms with Crippen molar-refractivity contribution in [3.05, 3.63) is 5.82 Å². The number of carboxylic acids is 1. The second kappa shape index (κ2) is 20.8. The first kappa shape index (κ1) is 30.5. The number of aromatic nitrogens is 4. The third-order valence-electron chi connectivity index (χ3n) is 6.06. The van der Waals surface area contributed by atoms with Gasteiger partial charge in [-0.2, -0.15) is 5.21 Å². The Kier molecular flexibility index (Phi) is 18.1. The minimum absolute atomic E-state index is 0.0971. The number of aryl methyl sites for hydroxylation is 1. The smallest absolute Gasteiger partial charge is 0.326 e. The first-order valence-corrected chi connectivity index (χ1v) is 13.5.